The van der Waals surface area contributed by atoms with Gasteiger partial charge in [0.15, 0.2) is 0 Å². The first kappa shape index (κ1) is 16.5. The quantitative estimate of drug-likeness (QED) is 0.416. The molecule has 2 aromatic carbocycles. The van der Waals surface area contributed by atoms with Crippen LogP contribution in [0.25, 0.3) is 0 Å². The first-order chi connectivity index (χ1) is 9.50. The Morgan fingerprint density at radius 3 is 2.38 bits per heavy atom. The van der Waals surface area contributed by atoms with E-state index in [2.05, 4.69) is 0 Å². The Kier molecular flexibility index (Phi) is 4.82. The van der Waals surface area contributed by atoms with Crippen LogP contribution < -0.4 is 34.5 Å². The molecule has 1 heterocycles. The number of benzene rings is 2. The largest absolute Gasteiger partial charge is 1.00 e. The predicted molar refractivity (Wildman–Crippen MR) is 73.2 cm³/mol. The van der Waals surface area contributed by atoms with E-state index < -0.39 is 10.1 Å². The molecule has 0 radical (unpaired) electrons. The molecule has 1 amide bonds. The van der Waals surface area contributed by atoms with Crippen molar-refractivity contribution < 1.29 is 47.3 Å². The summed E-state index contributed by atoms with van der Waals surface area (Å²) >= 11 is 1.42. The first-order valence-corrected chi connectivity index (χ1v) is 7.84. The second-order valence-corrected chi connectivity index (χ2v) is 6.59. The molecule has 8 heteroatoms. The summed E-state index contributed by atoms with van der Waals surface area (Å²) in [5.74, 6) is 0. The number of anilines is 2. The molecule has 0 atom stereocenters. The Morgan fingerprint density at radius 2 is 1.71 bits per heavy atom. The van der Waals surface area contributed by atoms with Crippen molar-refractivity contribution >= 4 is 39.7 Å². The Bertz CT molecular complexity index is 808. The molecule has 5 nitrogen and oxygen atoms in total. The number of para-hydroxylation sites is 1. The molecule has 0 bridgehead atoms. The molecule has 0 spiro atoms. The fourth-order valence-corrected chi connectivity index (χ4v) is 3.57. The van der Waals surface area contributed by atoms with Crippen LogP contribution in [-0.4, -0.2) is 19.4 Å². The molecule has 0 saturated heterocycles. The van der Waals surface area contributed by atoms with Crippen LogP contribution in [0.2, 0.25) is 0 Å². The molecule has 1 aliphatic heterocycles. The van der Waals surface area contributed by atoms with Gasteiger partial charge in [-0.15, -0.1) is 0 Å². The topological polar surface area (TPSA) is 77.5 Å². The van der Waals surface area contributed by atoms with Crippen molar-refractivity contribution in [1.82, 2.24) is 0 Å². The van der Waals surface area contributed by atoms with E-state index in [-0.39, 0.29) is 34.5 Å². The summed E-state index contributed by atoms with van der Waals surface area (Å²) in [6, 6.07) is 11.3. The summed E-state index contributed by atoms with van der Waals surface area (Å²) in [5, 5.41) is 0. The van der Waals surface area contributed by atoms with Crippen LogP contribution in [0, 0.1) is 0 Å². The molecule has 0 saturated carbocycles. The second-order valence-electron chi connectivity index (χ2n) is 4.13. The van der Waals surface area contributed by atoms with E-state index in [4.69, 9.17) is 0 Å². The van der Waals surface area contributed by atoms with E-state index in [9.17, 15) is 17.8 Å². The van der Waals surface area contributed by atoms with Crippen LogP contribution in [0.4, 0.5) is 11.4 Å². The average Bonchev–Trinajstić information content (AvgIpc) is 2.43. The molecule has 1 aliphatic rings. The summed E-state index contributed by atoms with van der Waals surface area (Å²) in [6.45, 7) is 0. The van der Waals surface area contributed by atoms with Crippen molar-refractivity contribution in [1.29, 1.82) is 0 Å². The minimum atomic E-state index is -4.55. The minimum absolute atomic E-state index is 0. The van der Waals surface area contributed by atoms with Crippen LogP contribution in [0.15, 0.2) is 57.2 Å². The number of nitrogens with zero attached hydrogens (tertiary/aromatic N) is 1. The summed E-state index contributed by atoms with van der Waals surface area (Å²) < 4.78 is 33.3. The number of hydrogen-bond donors (Lipinski definition) is 0. The fourth-order valence-electron chi connectivity index (χ4n) is 2.03. The van der Waals surface area contributed by atoms with Gasteiger partial charge in [-0.2, -0.15) is 0 Å². The van der Waals surface area contributed by atoms with Gasteiger partial charge in [-0.05, 0) is 30.3 Å². The van der Waals surface area contributed by atoms with Crippen molar-refractivity contribution in [2.45, 2.75) is 14.7 Å². The molecule has 3 rings (SSSR count). The number of fused-ring (bicyclic) bond motifs is 2. The normalized spacial score (nSPS) is 12.9. The third-order valence-corrected chi connectivity index (χ3v) is 4.89. The Labute approximate surface area is 148 Å². The molecule has 0 N–H and O–H groups in total. The van der Waals surface area contributed by atoms with Gasteiger partial charge >= 0.3 is 29.6 Å². The maximum Gasteiger partial charge on any atom is 1.00 e. The van der Waals surface area contributed by atoms with Gasteiger partial charge in [-0.3, -0.25) is 9.69 Å². The Hall–Kier alpha value is -0.830. The SMILES string of the molecule is O=CN1c2ccccc2Sc2ccc(S(=O)(=O)[O-])cc21.[Na+]. The van der Waals surface area contributed by atoms with Crippen LogP contribution in [-0.2, 0) is 14.9 Å². The van der Waals surface area contributed by atoms with E-state index in [1.807, 2.05) is 12.1 Å². The van der Waals surface area contributed by atoms with Gasteiger partial charge in [0.2, 0.25) is 6.41 Å². The summed E-state index contributed by atoms with van der Waals surface area (Å²) in [4.78, 5) is 14.0. The number of carbonyl (C=O) groups excluding carboxylic acids is 1. The molecule has 2 aromatic rings. The molecule has 21 heavy (non-hydrogen) atoms. The summed E-state index contributed by atoms with van der Waals surface area (Å²) in [6.07, 6.45) is 0.610. The molecular weight excluding hydrogens is 321 g/mol. The van der Waals surface area contributed by atoms with Crippen molar-refractivity contribution in [3.8, 4) is 0 Å². The van der Waals surface area contributed by atoms with Crippen molar-refractivity contribution in [2.24, 2.45) is 0 Å². The fraction of sp³-hybridized carbons (Fsp3) is 0. The van der Waals surface area contributed by atoms with Gasteiger partial charge in [-0.25, -0.2) is 8.42 Å². The van der Waals surface area contributed by atoms with Crippen molar-refractivity contribution in [3.63, 3.8) is 0 Å². The van der Waals surface area contributed by atoms with Gasteiger partial charge in [0.1, 0.15) is 10.1 Å². The smallest absolute Gasteiger partial charge is 0.744 e. The van der Waals surface area contributed by atoms with Crippen LogP contribution in [0.1, 0.15) is 0 Å². The third kappa shape index (κ3) is 3.03. The van der Waals surface area contributed by atoms with E-state index in [0.29, 0.717) is 17.8 Å². The van der Waals surface area contributed by atoms with Crippen LogP contribution in [0.5, 0.6) is 0 Å². The van der Waals surface area contributed by atoms with E-state index >= 15 is 0 Å². The third-order valence-electron chi connectivity index (χ3n) is 2.93. The molecule has 102 valence electrons. The van der Waals surface area contributed by atoms with Gasteiger partial charge in [0.25, 0.3) is 0 Å². The molecule has 0 aromatic heterocycles. The van der Waals surface area contributed by atoms with E-state index in [0.717, 1.165) is 9.79 Å². The van der Waals surface area contributed by atoms with Crippen LogP contribution in [0.3, 0.4) is 0 Å². The van der Waals surface area contributed by atoms with Gasteiger partial charge < -0.3 is 4.55 Å². The summed E-state index contributed by atoms with van der Waals surface area (Å²) in [7, 11) is -4.55. The molecular formula is C13H8NNaO4S2. The Morgan fingerprint density at radius 1 is 1.05 bits per heavy atom. The number of carbonyl (C=O) groups is 1. The van der Waals surface area contributed by atoms with E-state index in [1.165, 1.54) is 34.9 Å². The van der Waals surface area contributed by atoms with Gasteiger partial charge in [0, 0.05) is 9.79 Å². The zero-order chi connectivity index (χ0) is 14.3. The van der Waals surface area contributed by atoms with Gasteiger partial charge in [-0.1, -0.05) is 23.9 Å². The second kappa shape index (κ2) is 6.12. The minimum Gasteiger partial charge on any atom is -0.744 e. The molecule has 0 aliphatic carbocycles. The van der Waals surface area contributed by atoms with Crippen molar-refractivity contribution in [2.75, 3.05) is 4.90 Å². The average molecular weight is 329 g/mol. The standard InChI is InChI=1S/C13H9NO4S2.Na/c15-8-14-10-3-1-2-4-12(10)19-13-6-5-9(7-11(13)14)20(16,17)18;/h1-8H,(H,16,17,18);/q;+1/p-1. The zero-order valence-corrected chi connectivity index (χ0v) is 14.6. The maximum atomic E-state index is 11.3. The first-order valence-electron chi connectivity index (χ1n) is 5.62. The number of hydrogen-bond acceptors (Lipinski definition) is 5. The monoisotopic (exact) mass is 329 g/mol. The Balaban J connectivity index is 0.00000161. The maximum absolute atomic E-state index is 11.3. The number of amides is 1. The van der Waals surface area contributed by atoms with Gasteiger partial charge in [0.05, 0.1) is 16.3 Å². The van der Waals surface area contributed by atoms with E-state index in [1.54, 1.807) is 12.1 Å². The predicted octanol–water partition coefficient (Wildman–Crippen LogP) is -0.646. The van der Waals surface area contributed by atoms with Crippen LogP contribution >= 0.6 is 11.8 Å². The van der Waals surface area contributed by atoms with Crippen molar-refractivity contribution in [3.05, 3.63) is 42.5 Å². The zero-order valence-electron chi connectivity index (χ0n) is 11.0. The number of rotatable bonds is 2. The molecule has 0 fully saturated rings. The molecule has 0 unspecified atom stereocenters. The summed E-state index contributed by atoms with van der Waals surface area (Å²) in [5.41, 5.74) is 1.07.